The van der Waals surface area contributed by atoms with E-state index in [2.05, 4.69) is 15.3 Å². The number of hydrogen-bond donors (Lipinski definition) is 2. The van der Waals surface area contributed by atoms with Gasteiger partial charge in [0.15, 0.2) is 0 Å². The van der Waals surface area contributed by atoms with Gasteiger partial charge in [-0.15, -0.1) is 0 Å². The Balaban J connectivity index is 1.61. The predicted octanol–water partition coefficient (Wildman–Crippen LogP) is 2.58. The summed E-state index contributed by atoms with van der Waals surface area (Å²) < 4.78 is 5.21. The first kappa shape index (κ1) is 20.4. The SMILES string of the molecule is COc1cc(CNC(=O)N2CCc3cnc(C[C@@H](C)CO)nc3C2)ccc1Cl. The van der Waals surface area contributed by atoms with Gasteiger partial charge in [0.1, 0.15) is 11.6 Å². The number of methoxy groups -OCH3 is 1. The number of nitrogens with zero attached hydrogens (tertiary/aromatic N) is 3. The molecule has 2 N–H and O–H groups in total. The van der Waals surface area contributed by atoms with Crippen LogP contribution in [-0.2, 0) is 25.9 Å². The molecule has 1 aliphatic rings. The highest BCUT2D eigenvalue weighted by Crippen LogP contribution is 2.25. The second kappa shape index (κ2) is 9.21. The van der Waals surface area contributed by atoms with Crippen LogP contribution in [0.5, 0.6) is 5.75 Å². The molecular formula is C20H25ClN4O3. The van der Waals surface area contributed by atoms with Crippen LogP contribution >= 0.6 is 11.6 Å². The number of hydrogen-bond acceptors (Lipinski definition) is 5. The molecule has 1 aliphatic heterocycles. The van der Waals surface area contributed by atoms with Crippen molar-refractivity contribution in [2.75, 3.05) is 20.3 Å². The molecule has 150 valence electrons. The van der Waals surface area contributed by atoms with Crippen LogP contribution in [0.1, 0.15) is 29.6 Å². The third kappa shape index (κ3) is 4.91. The van der Waals surface area contributed by atoms with Crippen LogP contribution in [-0.4, -0.2) is 46.3 Å². The summed E-state index contributed by atoms with van der Waals surface area (Å²) in [7, 11) is 1.56. The van der Waals surface area contributed by atoms with Crippen molar-refractivity contribution in [3.05, 3.63) is 52.1 Å². The topological polar surface area (TPSA) is 87.6 Å². The summed E-state index contributed by atoms with van der Waals surface area (Å²) in [6.45, 7) is 3.52. The number of halogens is 1. The number of aromatic nitrogens is 2. The fraction of sp³-hybridized carbons (Fsp3) is 0.450. The van der Waals surface area contributed by atoms with E-state index in [1.54, 1.807) is 18.1 Å². The van der Waals surface area contributed by atoms with Crippen molar-refractivity contribution in [1.82, 2.24) is 20.2 Å². The summed E-state index contributed by atoms with van der Waals surface area (Å²) >= 11 is 6.04. The van der Waals surface area contributed by atoms with E-state index >= 15 is 0 Å². The number of carbonyl (C=O) groups is 1. The molecule has 0 fully saturated rings. The molecule has 0 aliphatic carbocycles. The van der Waals surface area contributed by atoms with E-state index in [0.717, 1.165) is 23.2 Å². The quantitative estimate of drug-likeness (QED) is 0.772. The van der Waals surface area contributed by atoms with Gasteiger partial charge in [-0.05, 0) is 35.6 Å². The number of fused-ring (bicyclic) bond motifs is 1. The molecule has 3 rings (SSSR count). The van der Waals surface area contributed by atoms with Gasteiger partial charge in [0.05, 0.1) is 24.4 Å². The number of ether oxygens (including phenoxy) is 1. The van der Waals surface area contributed by atoms with Crippen LogP contribution in [0.4, 0.5) is 4.79 Å². The Bertz CT molecular complexity index is 846. The van der Waals surface area contributed by atoms with E-state index in [9.17, 15) is 9.90 Å². The average Bonchev–Trinajstić information content (AvgIpc) is 2.72. The summed E-state index contributed by atoms with van der Waals surface area (Å²) in [4.78, 5) is 23.3. The van der Waals surface area contributed by atoms with Crippen LogP contribution in [0.25, 0.3) is 0 Å². The van der Waals surface area contributed by atoms with Crippen molar-refractivity contribution in [1.29, 1.82) is 0 Å². The third-order valence-electron chi connectivity index (χ3n) is 4.78. The van der Waals surface area contributed by atoms with Crippen molar-refractivity contribution >= 4 is 17.6 Å². The molecule has 0 spiro atoms. The highest BCUT2D eigenvalue weighted by molar-refractivity contribution is 6.32. The molecule has 1 aromatic carbocycles. The van der Waals surface area contributed by atoms with Crippen molar-refractivity contribution < 1.29 is 14.6 Å². The third-order valence-corrected chi connectivity index (χ3v) is 5.10. The Hall–Kier alpha value is -2.38. The van der Waals surface area contributed by atoms with Crippen LogP contribution < -0.4 is 10.1 Å². The lowest BCUT2D eigenvalue weighted by Gasteiger charge is -2.28. The Morgan fingerprint density at radius 1 is 1.46 bits per heavy atom. The molecule has 2 aromatic rings. The molecule has 0 unspecified atom stereocenters. The van der Waals surface area contributed by atoms with Gasteiger partial charge in [0.2, 0.25) is 0 Å². The van der Waals surface area contributed by atoms with Gasteiger partial charge in [0, 0.05) is 32.3 Å². The first-order valence-electron chi connectivity index (χ1n) is 9.30. The molecule has 1 atom stereocenters. The van der Waals surface area contributed by atoms with Crippen LogP contribution in [0.2, 0.25) is 5.02 Å². The van der Waals surface area contributed by atoms with Crippen LogP contribution in [0.15, 0.2) is 24.4 Å². The van der Waals surface area contributed by atoms with Gasteiger partial charge in [-0.2, -0.15) is 0 Å². The van der Waals surface area contributed by atoms with Crippen molar-refractivity contribution in [3.8, 4) is 5.75 Å². The lowest BCUT2D eigenvalue weighted by molar-refractivity contribution is 0.190. The van der Waals surface area contributed by atoms with Crippen LogP contribution in [0.3, 0.4) is 0 Å². The van der Waals surface area contributed by atoms with E-state index in [1.807, 2.05) is 25.3 Å². The second-order valence-electron chi connectivity index (χ2n) is 7.05. The maximum atomic E-state index is 12.6. The van der Waals surface area contributed by atoms with Gasteiger partial charge >= 0.3 is 6.03 Å². The number of benzene rings is 1. The zero-order valence-corrected chi connectivity index (χ0v) is 16.9. The molecular weight excluding hydrogens is 380 g/mol. The summed E-state index contributed by atoms with van der Waals surface area (Å²) in [6.07, 6.45) is 3.19. The van der Waals surface area contributed by atoms with E-state index in [4.69, 9.17) is 16.3 Å². The minimum atomic E-state index is -0.136. The highest BCUT2D eigenvalue weighted by Gasteiger charge is 2.22. The fourth-order valence-corrected chi connectivity index (χ4v) is 3.29. The minimum absolute atomic E-state index is 0.102. The number of nitrogens with one attached hydrogen (secondary N) is 1. The standard InChI is InChI=1S/C20H25ClN4O3/c1-13(12-26)7-19-22-10-15-5-6-25(11-17(15)24-19)20(27)23-9-14-3-4-16(21)18(8-14)28-2/h3-4,8,10,13,26H,5-7,9,11-12H2,1-2H3,(H,23,27)/t13-/m1/s1. The molecule has 0 saturated carbocycles. The van der Waals surface area contributed by atoms with Crippen molar-refractivity contribution in [2.24, 2.45) is 5.92 Å². The largest absolute Gasteiger partial charge is 0.495 e. The lowest BCUT2D eigenvalue weighted by Crippen LogP contribution is -2.42. The van der Waals surface area contributed by atoms with Gasteiger partial charge in [0.25, 0.3) is 0 Å². The molecule has 2 amide bonds. The van der Waals surface area contributed by atoms with Gasteiger partial charge < -0.3 is 20.1 Å². The summed E-state index contributed by atoms with van der Waals surface area (Å²) in [5, 5.41) is 12.7. The second-order valence-corrected chi connectivity index (χ2v) is 7.46. The lowest BCUT2D eigenvalue weighted by atomic mass is 10.1. The van der Waals surface area contributed by atoms with E-state index < -0.39 is 0 Å². The van der Waals surface area contributed by atoms with Crippen molar-refractivity contribution in [2.45, 2.75) is 32.9 Å². The van der Waals surface area contributed by atoms with E-state index in [0.29, 0.717) is 42.7 Å². The maximum absolute atomic E-state index is 12.6. The molecule has 0 bridgehead atoms. The summed E-state index contributed by atoms with van der Waals surface area (Å²) in [5.41, 5.74) is 2.87. The van der Waals surface area contributed by atoms with E-state index in [-0.39, 0.29) is 18.6 Å². The number of aliphatic hydroxyl groups excluding tert-OH is 1. The highest BCUT2D eigenvalue weighted by atomic mass is 35.5. The Kier molecular flexibility index (Phi) is 6.70. The first-order valence-corrected chi connectivity index (χ1v) is 9.67. The number of aliphatic hydroxyl groups is 1. The molecule has 1 aromatic heterocycles. The number of rotatable bonds is 6. The molecule has 2 heterocycles. The Labute approximate surface area is 169 Å². The molecule has 0 radical (unpaired) electrons. The average molecular weight is 405 g/mol. The van der Waals surface area contributed by atoms with Crippen LogP contribution in [0, 0.1) is 5.92 Å². The molecule has 0 saturated heterocycles. The maximum Gasteiger partial charge on any atom is 0.318 e. The van der Waals surface area contributed by atoms with Crippen molar-refractivity contribution in [3.63, 3.8) is 0 Å². The van der Waals surface area contributed by atoms with E-state index in [1.165, 1.54) is 0 Å². The fourth-order valence-electron chi connectivity index (χ4n) is 3.10. The molecule has 7 nitrogen and oxygen atoms in total. The first-order chi connectivity index (χ1) is 13.5. The van der Waals surface area contributed by atoms with Gasteiger partial charge in [-0.3, -0.25) is 0 Å². The van der Waals surface area contributed by atoms with Gasteiger partial charge in [-0.1, -0.05) is 24.6 Å². The molecule has 28 heavy (non-hydrogen) atoms. The normalized spacial score (nSPS) is 14.4. The zero-order chi connectivity index (χ0) is 20.1. The monoisotopic (exact) mass is 404 g/mol. The zero-order valence-electron chi connectivity index (χ0n) is 16.1. The number of urea groups is 1. The molecule has 8 heteroatoms. The smallest absolute Gasteiger partial charge is 0.318 e. The minimum Gasteiger partial charge on any atom is -0.495 e. The van der Waals surface area contributed by atoms with Gasteiger partial charge in [-0.25, -0.2) is 14.8 Å². The Morgan fingerprint density at radius 2 is 2.29 bits per heavy atom. The predicted molar refractivity (Wildman–Crippen MR) is 106 cm³/mol. The summed E-state index contributed by atoms with van der Waals surface area (Å²) in [6, 6.07) is 5.29. The summed E-state index contributed by atoms with van der Waals surface area (Å²) in [5.74, 6) is 1.40. The Morgan fingerprint density at radius 3 is 3.04 bits per heavy atom. The number of carbonyl (C=O) groups excluding carboxylic acids is 1. The number of amides is 2.